The highest BCUT2D eigenvalue weighted by atomic mass is 16.2. The summed E-state index contributed by atoms with van der Waals surface area (Å²) in [4.78, 5) is 25.9. The summed E-state index contributed by atoms with van der Waals surface area (Å²) < 4.78 is 4.04. The molecule has 6 aromatic rings. The summed E-state index contributed by atoms with van der Waals surface area (Å²) in [6.45, 7) is 4.13. The average molecular weight is 525 g/mol. The molecular formula is C34H28N4O2. The Balaban J connectivity index is 1.22. The van der Waals surface area contributed by atoms with Crippen molar-refractivity contribution in [1.29, 1.82) is 0 Å². The number of aromatic nitrogens is 2. The maximum absolute atomic E-state index is 13.0. The van der Waals surface area contributed by atoms with E-state index in [-0.39, 0.29) is 17.9 Å². The van der Waals surface area contributed by atoms with Gasteiger partial charge in [-0.1, -0.05) is 66.7 Å². The van der Waals surface area contributed by atoms with Gasteiger partial charge in [0.15, 0.2) is 5.43 Å². The second kappa shape index (κ2) is 10.5. The van der Waals surface area contributed by atoms with E-state index in [1.165, 1.54) is 11.1 Å². The van der Waals surface area contributed by atoms with Gasteiger partial charge in [0.05, 0.1) is 17.2 Å². The van der Waals surface area contributed by atoms with Gasteiger partial charge in [-0.15, -0.1) is 0 Å². The summed E-state index contributed by atoms with van der Waals surface area (Å²) in [5.41, 5.74) is 10.5. The quantitative estimate of drug-likeness (QED) is 0.156. The number of para-hydroxylation sites is 2. The molecule has 2 aromatic heterocycles. The van der Waals surface area contributed by atoms with E-state index in [0.29, 0.717) is 21.8 Å². The van der Waals surface area contributed by atoms with Gasteiger partial charge < -0.3 is 9.13 Å². The van der Waals surface area contributed by atoms with E-state index in [2.05, 4.69) is 64.5 Å². The Morgan fingerprint density at radius 3 is 2.00 bits per heavy atom. The Kier molecular flexibility index (Phi) is 6.58. The SMILES string of the molecule is Cc1cc(C=NNC(=O)Cn2c3ccccc3c(=O)c3ccccc32)c(C)n1-c1ccc(-c2ccccc2)cc1. The molecule has 40 heavy (non-hydrogen) atoms. The maximum atomic E-state index is 13.0. The van der Waals surface area contributed by atoms with Gasteiger partial charge in [0, 0.05) is 33.4 Å². The Hall–Kier alpha value is -5.23. The van der Waals surface area contributed by atoms with Gasteiger partial charge in [-0.2, -0.15) is 5.10 Å². The Labute approximate surface area is 231 Å². The normalized spacial score (nSPS) is 11.4. The van der Waals surface area contributed by atoms with E-state index in [0.717, 1.165) is 22.6 Å². The fourth-order valence-corrected chi connectivity index (χ4v) is 5.35. The first-order valence-corrected chi connectivity index (χ1v) is 13.2. The third-order valence-electron chi connectivity index (χ3n) is 7.28. The van der Waals surface area contributed by atoms with E-state index in [4.69, 9.17) is 0 Å². The van der Waals surface area contributed by atoms with Gasteiger partial charge in [-0.25, -0.2) is 5.43 Å². The second-order valence-electron chi connectivity index (χ2n) is 9.82. The van der Waals surface area contributed by atoms with Crippen molar-refractivity contribution in [3.8, 4) is 16.8 Å². The predicted molar refractivity (Wildman–Crippen MR) is 162 cm³/mol. The molecule has 6 nitrogen and oxygen atoms in total. The molecule has 0 atom stereocenters. The van der Waals surface area contributed by atoms with Gasteiger partial charge >= 0.3 is 0 Å². The van der Waals surface area contributed by atoms with Crippen molar-refractivity contribution in [1.82, 2.24) is 14.6 Å². The molecule has 0 radical (unpaired) electrons. The molecule has 0 unspecified atom stereocenters. The van der Waals surface area contributed by atoms with E-state index in [1.54, 1.807) is 18.3 Å². The number of fused-ring (bicyclic) bond motifs is 2. The van der Waals surface area contributed by atoms with Crippen LogP contribution in [0, 0.1) is 13.8 Å². The first-order chi connectivity index (χ1) is 19.5. The van der Waals surface area contributed by atoms with Gasteiger partial charge in [0.1, 0.15) is 6.54 Å². The first kappa shape index (κ1) is 25.1. The van der Waals surface area contributed by atoms with E-state index in [1.807, 2.05) is 66.1 Å². The van der Waals surface area contributed by atoms with Crippen LogP contribution in [0.15, 0.2) is 119 Å². The van der Waals surface area contributed by atoms with E-state index in [9.17, 15) is 9.59 Å². The lowest BCUT2D eigenvalue weighted by atomic mass is 10.1. The molecule has 196 valence electrons. The molecule has 6 heteroatoms. The third-order valence-corrected chi connectivity index (χ3v) is 7.28. The molecule has 6 rings (SSSR count). The number of nitrogens with zero attached hydrogens (tertiary/aromatic N) is 3. The van der Waals surface area contributed by atoms with E-state index >= 15 is 0 Å². The van der Waals surface area contributed by atoms with Gasteiger partial charge in [0.2, 0.25) is 0 Å². The zero-order valence-corrected chi connectivity index (χ0v) is 22.3. The number of hydrogen-bond acceptors (Lipinski definition) is 3. The van der Waals surface area contributed by atoms with Crippen molar-refractivity contribution in [3.63, 3.8) is 0 Å². The number of carbonyl (C=O) groups excluding carboxylic acids is 1. The summed E-state index contributed by atoms with van der Waals surface area (Å²) in [6.07, 6.45) is 1.68. The molecule has 0 saturated carbocycles. The number of carbonyl (C=O) groups is 1. The standard InChI is InChI=1S/C34H28N4O2/c1-23-20-27(24(2)38(23)28-18-16-26(17-19-28)25-10-4-3-5-11-25)21-35-36-33(39)22-37-31-14-8-6-12-29(31)34(40)30-13-7-9-15-32(30)37/h3-21H,22H2,1-2H3,(H,36,39). The molecule has 0 saturated heterocycles. The monoisotopic (exact) mass is 524 g/mol. The zero-order valence-electron chi connectivity index (χ0n) is 22.3. The molecular weight excluding hydrogens is 496 g/mol. The molecule has 0 aliphatic rings. The van der Waals surface area contributed by atoms with Crippen molar-refractivity contribution < 1.29 is 4.79 Å². The molecule has 4 aromatic carbocycles. The predicted octanol–water partition coefficient (Wildman–Crippen LogP) is 6.38. The number of pyridine rings is 1. The highest BCUT2D eigenvalue weighted by molar-refractivity contribution is 5.95. The lowest BCUT2D eigenvalue weighted by Gasteiger charge is -2.14. The minimum atomic E-state index is -0.277. The molecule has 0 aliphatic heterocycles. The van der Waals surface area contributed by atoms with Gasteiger partial charge in [-0.05, 0) is 67.4 Å². The van der Waals surface area contributed by atoms with Crippen LogP contribution >= 0.6 is 0 Å². The Morgan fingerprint density at radius 2 is 1.35 bits per heavy atom. The van der Waals surface area contributed by atoms with Crippen LogP contribution in [-0.4, -0.2) is 21.3 Å². The van der Waals surface area contributed by atoms with Crippen LogP contribution in [-0.2, 0) is 11.3 Å². The number of hydrazone groups is 1. The van der Waals surface area contributed by atoms with Gasteiger partial charge in [0.25, 0.3) is 5.91 Å². The summed E-state index contributed by atoms with van der Waals surface area (Å²) in [5, 5.41) is 5.44. The molecule has 1 N–H and O–H groups in total. The van der Waals surface area contributed by atoms with Crippen molar-refractivity contribution in [2.75, 3.05) is 0 Å². The number of hydrogen-bond donors (Lipinski definition) is 1. The summed E-state index contributed by atoms with van der Waals surface area (Å²) in [7, 11) is 0. The van der Waals surface area contributed by atoms with Crippen LogP contribution in [0.2, 0.25) is 0 Å². The number of benzene rings is 4. The molecule has 0 bridgehead atoms. The van der Waals surface area contributed by atoms with Crippen LogP contribution in [0.4, 0.5) is 0 Å². The Bertz CT molecular complexity index is 1890. The summed E-state index contributed by atoms with van der Waals surface area (Å²) in [6, 6.07) is 35.6. The van der Waals surface area contributed by atoms with Crippen LogP contribution < -0.4 is 10.9 Å². The van der Waals surface area contributed by atoms with Crippen molar-refractivity contribution in [2.24, 2.45) is 5.10 Å². The zero-order chi connectivity index (χ0) is 27.6. The van der Waals surface area contributed by atoms with E-state index < -0.39 is 0 Å². The average Bonchev–Trinajstić information content (AvgIpc) is 3.28. The molecule has 0 spiro atoms. The molecule has 1 amide bonds. The smallest absolute Gasteiger partial charge is 0.260 e. The Morgan fingerprint density at radius 1 is 0.775 bits per heavy atom. The van der Waals surface area contributed by atoms with Crippen molar-refractivity contribution in [3.05, 3.63) is 136 Å². The van der Waals surface area contributed by atoms with Crippen LogP contribution in [0.3, 0.4) is 0 Å². The number of nitrogens with one attached hydrogen (secondary N) is 1. The minimum Gasteiger partial charge on any atom is -0.331 e. The first-order valence-electron chi connectivity index (χ1n) is 13.2. The minimum absolute atomic E-state index is 0.0332. The number of amides is 1. The van der Waals surface area contributed by atoms with Gasteiger partial charge in [-0.3, -0.25) is 9.59 Å². The highest BCUT2D eigenvalue weighted by Crippen LogP contribution is 2.24. The lowest BCUT2D eigenvalue weighted by Crippen LogP contribution is -2.25. The lowest BCUT2D eigenvalue weighted by molar-refractivity contribution is -0.121. The fourth-order valence-electron chi connectivity index (χ4n) is 5.35. The van der Waals surface area contributed by atoms with Crippen molar-refractivity contribution in [2.45, 2.75) is 20.4 Å². The number of rotatable bonds is 6. The van der Waals surface area contributed by atoms with Crippen molar-refractivity contribution >= 4 is 33.9 Å². The number of aryl methyl sites for hydroxylation is 1. The molecule has 0 fully saturated rings. The largest absolute Gasteiger partial charge is 0.331 e. The van der Waals surface area contributed by atoms with Crippen LogP contribution in [0.1, 0.15) is 17.0 Å². The summed E-state index contributed by atoms with van der Waals surface area (Å²) >= 11 is 0. The summed E-state index contributed by atoms with van der Waals surface area (Å²) in [5.74, 6) is -0.277. The second-order valence-corrected chi connectivity index (χ2v) is 9.82. The molecule has 0 aliphatic carbocycles. The van der Waals surface area contributed by atoms with Crippen LogP contribution in [0.25, 0.3) is 38.6 Å². The highest BCUT2D eigenvalue weighted by Gasteiger charge is 2.13. The van der Waals surface area contributed by atoms with Crippen LogP contribution in [0.5, 0.6) is 0 Å². The molecule has 2 heterocycles. The third kappa shape index (κ3) is 4.60. The maximum Gasteiger partial charge on any atom is 0.260 e. The topological polar surface area (TPSA) is 68.4 Å². The fraction of sp³-hybridized carbons (Fsp3) is 0.0882.